The van der Waals surface area contributed by atoms with Crippen LogP contribution in [-0.4, -0.2) is 23.0 Å². The zero-order valence-electron chi connectivity index (χ0n) is 12.0. The lowest BCUT2D eigenvalue weighted by molar-refractivity contribution is 0.0607. The number of aliphatic hydroxyl groups is 1. The molecule has 2 aromatic rings. The van der Waals surface area contributed by atoms with Gasteiger partial charge < -0.3 is 10.4 Å². The van der Waals surface area contributed by atoms with Crippen LogP contribution < -0.4 is 5.32 Å². The van der Waals surface area contributed by atoms with Gasteiger partial charge in [-0.2, -0.15) is 0 Å². The summed E-state index contributed by atoms with van der Waals surface area (Å²) in [5, 5.41) is 12.1. The molecule has 1 atom stereocenters. The Morgan fingerprint density at radius 2 is 1.29 bits per heavy atom. The number of carbonyl (C=O) groups excluding carboxylic acids is 2. The van der Waals surface area contributed by atoms with Crippen molar-refractivity contribution in [1.29, 1.82) is 0 Å². The molecule has 0 spiro atoms. The van der Waals surface area contributed by atoms with Gasteiger partial charge in [0.25, 0.3) is 5.91 Å². The van der Waals surface area contributed by atoms with Crippen LogP contribution >= 0.6 is 0 Å². The van der Waals surface area contributed by atoms with Crippen molar-refractivity contribution in [3.05, 3.63) is 70.8 Å². The first-order chi connectivity index (χ1) is 9.97. The zero-order chi connectivity index (χ0) is 15.4. The molecule has 0 aliphatic heterocycles. The fourth-order valence-corrected chi connectivity index (χ4v) is 1.85. The van der Waals surface area contributed by atoms with Gasteiger partial charge in [-0.15, -0.1) is 0 Å². The molecule has 2 N–H and O–H groups in total. The first-order valence-corrected chi connectivity index (χ1v) is 6.64. The van der Waals surface area contributed by atoms with Crippen molar-refractivity contribution in [2.45, 2.75) is 20.1 Å². The third-order valence-electron chi connectivity index (χ3n) is 3.17. The van der Waals surface area contributed by atoms with E-state index < -0.39 is 17.9 Å². The molecule has 0 aromatic heterocycles. The minimum Gasteiger partial charge on any atom is -0.367 e. The van der Waals surface area contributed by atoms with Crippen molar-refractivity contribution >= 4 is 11.7 Å². The minimum absolute atomic E-state index is 0.359. The molecule has 0 saturated heterocycles. The maximum absolute atomic E-state index is 12.0. The third kappa shape index (κ3) is 3.77. The normalized spacial score (nSPS) is 11.8. The van der Waals surface area contributed by atoms with Crippen molar-refractivity contribution in [2.24, 2.45) is 0 Å². The Labute approximate surface area is 123 Å². The molecular weight excluding hydrogens is 266 g/mol. The lowest BCUT2D eigenvalue weighted by atomic mass is 10.1. The number of hydrogen-bond acceptors (Lipinski definition) is 3. The van der Waals surface area contributed by atoms with E-state index in [1.54, 1.807) is 48.5 Å². The summed E-state index contributed by atoms with van der Waals surface area (Å²) >= 11 is 0. The van der Waals surface area contributed by atoms with Gasteiger partial charge >= 0.3 is 0 Å². The quantitative estimate of drug-likeness (QED) is 0.668. The second-order valence-electron chi connectivity index (χ2n) is 4.97. The molecule has 0 fully saturated rings. The summed E-state index contributed by atoms with van der Waals surface area (Å²) in [4.78, 5) is 23.9. The smallest absolute Gasteiger partial charge is 0.253 e. The van der Waals surface area contributed by atoms with Gasteiger partial charge in [-0.1, -0.05) is 47.5 Å². The van der Waals surface area contributed by atoms with E-state index in [0.29, 0.717) is 11.1 Å². The molecule has 0 aliphatic rings. The standard InChI is InChI=1S/C17H17NO3/c1-11-3-7-13(8-4-11)15(19)17(21)18-16(20)14-9-5-12(2)6-10-14/h3-10,17,21H,1-2H3,(H,18,20)/t17-/m0/s1. The summed E-state index contributed by atoms with van der Waals surface area (Å²) in [6.07, 6.45) is -1.55. The largest absolute Gasteiger partial charge is 0.367 e. The van der Waals surface area contributed by atoms with E-state index in [-0.39, 0.29) is 0 Å². The van der Waals surface area contributed by atoms with E-state index in [0.717, 1.165) is 11.1 Å². The predicted molar refractivity (Wildman–Crippen MR) is 80.2 cm³/mol. The highest BCUT2D eigenvalue weighted by Gasteiger charge is 2.19. The van der Waals surface area contributed by atoms with Gasteiger partial charge in [0.05, 0.1) is 0 Å². The summed E-state index contributed by atoms with van der Waals surface area (Å²) in [7, 11) is 0. The number of aliphatic hydroxyl groups excluding tert-OH is 1. The SMILES string of the molecule is Cc1ccc(C(=O)N[C@@H](O)C(=O)c2ccc(C)cc2)cc1. The van der Waals surface area contributed by atoms with Gasteiger partial charge in [-0.3, -0.25) is 9.59 Å². The van der Waals surface area contributed by atoms with Gasteiger partial charge in [-0.05, 0) is 26.0 Å². The predicted octanol–water partition coefficient (Wildman–Crippen LogP) is 2.23. The number of Topliss-reactive ketones (excluding diaryl/α,β-unsaturated/α-hetero) is 1. The molecule has 0 unspecified atom stereocenters. The average molecular weight is 283 g/mol. The van der Waals surface area contributed by atoms with Crippen LogP contribution in [0.5, 0.6) is 0 Å². The van der Waals surface area contributed by atoms with Gasteiger partial charge in [0.1, 0.15) is 0 Å². The molecule has 0 bridgehead atoms. The average Bonchev–Trinajstić information content (AvgIpc) is 2.47. The number of ketones is 1. The van der Waals surface area contributed by atoms with Gasteiger partial charge in [0, 0.05) is 11.1 Å². The number of aryl methyl sites for hydroxylation is 2. The Morgan fingerprint density at radius 1 is 0.857 bits per heavy atom. The fraction of sp³-hybridized carbons (Fsp3) is 0.176. The summed E-state index contributed by atoms with van der Waals surface area (Å²) in [6, 6.07) is 13.7. The van der Waals surface area contributed by atoms with Crippen LogP contribution in [0.1, 0.15) is 31.8 Å². The van der Waals surface area contributed by atoms with Crippen LogP contribution in [0.2, 0.25) is 0 Å². The lowest BCUT2D eigenvalue weighted by Crippen LogP contribution is -2.40. The van der Waals surface area contributed by atoms with E-state index in [1.165, 1.54) is 0 Å². The molecule has 2 rings (SSSR count). The maximum Gasteiger partial charge on any atom is 0.253 e. The fourth-order valence-electron chi connectivity index (χ4n) is 1.85. The van der Waals surface area contributed by atoms with Crippen LogP contribution in [0.25, 0.3) is 0 Å². The Hall–Kier alpha value is -2.46. The molecule has 21 heavy (non-hydrogen) atoms. The monoisotopic (exact) mass is 283 g/mol. The summed E-state index contributed by atoms with van der Waals surface area (Å²) in [6.45, 7) is 3.82. The summed E-state index contributed by atoms with van der Waals surface area (Å²) in [5.74, 6) is -1.02. The lowest BCUT2D eigenvalue weighted by Gasteiger charge is -2.12. The van der Waals surface area contributed by atoms with Crippen molar-refractivity contribution in [2.75, 3.05) is 0 Å². The molecule has 4 nitrogen and oxygen atoms in total. The topological polar surface area (TPSA) is 66.4 Å². The molecule has 4 heteroatoms. The van der Waals surface area contributed by atoms with Crippen molar-refractivity contribution < 1.29 is 14.7 Å². The highest BCUT2D eigenvalue weighted by atomic mass is 16.3. The number of amides is 1. The van der Waals surface area contributed by atoms with Crippen molar-refractivity contribution in [3.63, 3.8) is 0 Å². The number of carbonyl (C=O) groups is 2. The van der Waals surface area contributed by atoms with Crippen molar-refractivity contribution in [1.82, 2.24) is 5.32 Å². The molecule has 1 amide bonds. The molecular formula is C17H17NO3. The third-order valence-corrected chi connectivity index (χ3v) is 3.17. The highest BCUT2D eigenvalue weighted by Crippen LogP contribution is 2.07. The second kappa shape index (κ2) is 6.33. The first-order valence-electron chi connectivity index (χ1n) is 6.64. The van der Waals surface area contributed by atoms with Crippen LogP contribution in [0.15, 0.2) is 48.5 Å². The number of benzene rings is 2. The molecule has 0 heterocycles. The molecule has 0 saturated carbocycles. The summed E-state index contributed by atoms with van der Waals surface area (Å²) in [5.41, 5.74) is 2.81. The van der Waals surface area contributed by atoms with E-state index in [9.17, 15) is 14.7 Å². The van der Waals surface area contributed by atoms with E-state index >= 15 is 0 Å². The first kappa shape index (κ1) is 14.9. The molecule has 2 aromatic carbocycles. The number of rotatable bonds is 4. The van der Waals surface area contributed by atoms with E-state index in [1.807, 2.05) is 13.8 Å². The van der Waals surface area contributed by atoms with Gasteiger partial charge in [0.2, 0.25) is 5.78 Å². The Bertz CT molecular complexity index is 645. The van der Waals surface area contributed by atoms with Crippen LogP contribution in [0.4, 0.5) is 0 Å². The van der Waals surface area contributed by atoms with E-state index in [4.69, 9.17) is 0 Å². The maximum atomic E-state index is 12.0. The Kier molecular flexibility index (Phi) is 4.50. The minimum atomic E-state index is -1.55. The van der Waals surface area contributed by atoms with Gasteiger partial charge in [-0.25, -0.2) is 0 Å². The van der Waals surface area contributed by atoms with Crippen molar-refractivity contribution in [3.8, 4) is 0 Å². The second-order valence-corrected chi connectivity index (χ2v) is 4.97. The number of nitrogens with one attached hydrogen (secondary N) is 1. The number of hydrogen-bond donors (Lipinski definition) is 2. The van der Waals surface area contributed by atoms with E-state index in [2.05, 4.69) is 5.32 Å². The highest BCUT2D eigenvalue weighted by molar-refractivity contribution is 6.03. The molecule has 0 aliphatic carbocycles. The zero-order valence-corrected chi connectivity index (χ0v) is 12.0. The van der Waals surface area contributed by atoms with Crippen LogP contribution in [0, 0.1) is 13.8 Å². The molecule has 0 radical (unpaired) electrons. The van der Waals surface area contributed by atoms with Crippen LogP contribution in [0.3, 0.4) is 0 Å². The molecule has 108 valence electrons. The van der Waals surface area contributed by atoms with Crippen LogP contribution in [-0.2, 0) is 0 Å². The van der Waals surface area contributed by atoms with Gasteiger partial charge in [0.15, 0.2) is 6.23 Å². The Morgan fingerprint density at radius 3 is 1.76 bits per heavy atom. The summed E-state index contributed by atoms with van der Waals surface area (Å²) < 4.78 is 0. The Balaban J connectivity index is 2.05.